The van der Waals surface area contributed by atoms with Gasteiger partial charge in [0, 0.05) is 25.6 Å². The van der Waals surface area contributed by atoms with E-state index in [0.29, 0.717) is 5.37 Å². The van der Waals surface area contributed by atoms with Gasteiger partial charge in [0.15, 0.2) is 0 Å². The zero-order valence-corrected chi connectivity index (χ0v) is 6.97. The fraction of sp³-hybridized carbons (Fsp3) is 0.571. The van der Waals surface area contributed by atoms with Crippen LogP contribution in [0.25, 0.3) is 0 Å². The molecule has 1 atom stereocenters. The van der Waals surface area contributed by atoms with Gasteiger partial charge in [0.2, 0.25) is 0 Å². The van der Waals surface area contributed by atoms with Crippen LogP contribution < -0.4 is 0 Å². The van der Waals surface area contributed by atoms with Gasteiger partial charge in [-0.25, -0.2) is 0 Å². The van der Waals surface area contributed by atoms with Crippen LogP contribution in [0.3, 0.4) is 0 Å². The van der Waals surface area contributed by atoms with Gasteiger partial charge in [0.25, 0.3) is 0 Å². The fourth-order valence-electron chi connectivity index (χ4n) is 0.953. The highest BCUT2D eigenvalue weighted by molar-refractivity contribution is 8.00. The molecule has 0 aromatic rings. The highest BCUT2D eigenvalue weighted by Gasteiger charge is 2.18. The van der Waals surface area contributed by atoms with Gasteiger partial charge >= 0.3 is 0 Å². The average molecular weight is 156 g/mol. The van der Waals surface area contributed by atoms with Gasteiger partial charge in [-0.15, -0.1) is 11.8 Å². The summed E-state index contributed by atoms with van der Waals surface area (Å²) in [5.74, 6) is 1.18. The minimum absolute atomic E-state index is 0.433. The largest absolute Gasteiger partial charge is 0.361 e. The molecule has 0 aromatic carbocycles. The number of thioether (sulfide) groups is 1. The van der Waals surface area contributed by atoms with E-state index in [1.807, 2.05) is 24.2 Å². The zero-order chi connectivity index (χ0) is 7.40. The van der Waals surface area contributed by atoms with Crippen LogP contribution in [-0.4, -0.2) is 35.8 Å². The molecule has 0 N–H and O–H groups in total. The summed E-state index contributed by atoms with van der Waals surface area (Å²) in [6, 6.07) is 0. The Balaban J connectivity index is 2.49. The fourth-order valence-corrected chi connectivity index (χ4v) is 2.10. The summed E-state index contributed by atoms with van der Waals surface area (Å²) in [5.41, 5.74) is 0. The van der Waals surface area contributed by atoms with Crippen molar-refractivity contribution in [2.24, 2.45) is 4.99 Å². The third-order valence-corrected chi connectivity index (χ3v) is 2.63. The highest BCUT2D eigenvalue weighted by Crippen LogP contribution is 2.21. The van der Waals surface area contributed by atoms with Crippen LogP contribution in [0.15, 0.2) is 17.8 Å². The van der Waals surface area contributed by atoms with Crippen molar-refractivity contribution in [2.45, 2.75) is 5.37 Å². The van der Waals surface area contributed by atoms with Crippen molar-refractivity contribution in [3.63, 3.8) is 0 Å². The third kappa shape index (κ3) is 1.53. The van der Waals surface area contributed by atoms with Crippen LogP contribution in [-0.2, 0) is 0 Å². The minimum atomic E-state index is 0.433. The molecule has 1 saturated heterocycles. The molecule has 0 spiro atoms. The first-order chi connectivity index (χ1) is 4.88. The molecule has 0 saturated carbocycles. The lowest BCUT2D eigenvalue weighted by Gasteiger charge is -2.16. The van der Waals surface area contributed by atoms with Crippen molar-refractivity contribution >= 4 is 18.0 Å². The zero-order valence-electron chi connectivity index (χ0n) is 6.16. The van der Waals surface area contributed by atoms with Crippen molar-refractivity contribution in [2.75, 3.05) is 19.3 Å². The van der Waals surface area contributed by atoms with E-state index in [2.05, 4.69) is 16.5 Å². The summed E-state index contributed by atoms with van der Waals surface area (Å²) in [5, 5.41) is 0.433. The van der Waals surface area contributed by atoms with Crippen LogP contribution in [0.2, 0.25) is 0 Å². The molecule has 0 bridgehead atoms. The standard InChI is InChI=1S/C7H12N2S/c1-3-9-4-5-10-7(9)6-8-2/h3,6-7H,1,4-5H2,2H3. The first-order valence-corrected chi connectivity index (χ1v) is 4.35. The summed E-state index contributed by atoms with van der Waals surface area (Å²) in [6.45, 7) is 4.83. The van der Waals surface area contributed by atoms with Gasteiger partial charge < -0.3 is 4.90 Å². The second kappa shape index (κ2) is 3.66. The van der Waals surface area contributed by atoms with E-state index in [1.54, 1.807) is 7.05 Å². The van der Waals surface area contributed by atoms with Crippen LogP contribution >= 0.6 is 11.8 Å². The van der Waals surface area contributed by atoms with Crippen LogP contribution in [0.1, 0.15) is 0 Å². The summed E-state index contributed by atoms with van der Waals surface area (Å²) in [7, 11) is 1.81. The predicted molar refractivity (Wildman–Crippen MR) is 47.6 cm³/mol. The minimum Gasteiger partial charge on any atom is -0.361 e. The van der Waals surface area contributed by atoms with Gasteiger partial charge in [-0.05, 0) is 6.20 Å². The number of hydrogen-bond donors (Lipinski definition) is 0. The van der Waals surface area contributed by atoms with E-state index in [1.165, 1.54) is 5.75 Å². The molecule has 1 fully saturated rings. The van der Waals surface area contributed by atoms with Crippen molar-refractivity contribution in [1.29, 1.82) is 0 Å². The number of nitrogens with zero attached hydrogens (tertiary/aromatic N) is 2. The summed E-state index contributed by atoms with van der Waals surface area (Å²) in [4.78, 5) is 6.17. The SMILES string of the molecule is C=CN1CCSC1C=NC. The monoisotopic (exact) mass is 156 g/mol. The molecule has 0 aliphatic carbocycles. The normalized spacial score (nSPS) is 26.1. The molecule has 1 rings (SSSR count). The number of rotatable bonds is 2. The summed E-state index contributed by atoms with van der Waals surface area (Å²) in [6.07, 6.45) is 3.84. The Bertz CT molecular complexity index is 145. The molecular weight excluding hydrogens is 144 g/mol. The van der Waals surface area contributed by atoms with Crippen molar-refractivity contribution < 1.29 is 0 Å². The molecule has 1 heterocycles. The Hall–Kier alpha value is -0.440. The lowest BCUT2D eigenvalue weighted by Crippen LogP contribution is -2.23. The number of hydrogen-bond acceptors (Lipinski definition) is 3. The lowest BCUT2D eigenvalue weighted by molar-refractivity contribution is 0.456. The Morgan fingerprint density at radius 1 is 1.80 bits per heavy atom. The maximum absolute atomic E-state index is 3.98. The maximum Gasteiger partial charge on any atom is 0.110 e. The first kappa shape index (κ1) is 7.66. The van der Waals surface area contributed by atoms with Crippen molar-refractivity contribution in [1.82, 2.24) is 4.90 Å². The molecule has 3 heteroatoms. The Morgan fingerprint density at radius 3 is 3.20 bits per heavy atom. The van der Waals surface area contributed by atoms with E-state index >= 15 is 0 Å². The van der Waals surface area contributed by atoms with Crippen LogP contribution in [0.4, 0.5) is 0 Å². The van der Waals surface area contributed by atoms with Gasteiger partial charge in [-0.1, -0.05) is 6.58 Å². The van der Waals surface area contributed by atoms with E-state index in [4.69, 9.17) is 0 Å². The van der Waals surface area contributed by atoms with Gasteiger partial charge in [0.05, 0.1) is 0 Å². The van der Waals surface area contributed by atoms with Crippen LogP contribution in [0, 0.1) is 0 Å². The molecule has 0 amide bonds. The van der Waals surface area contributed by atoms with Crippen molar-refractivity contribution in [3.8, 4) is 0 Å². The quantitative estimate of drug-likeness (QED) is 0.558. The second-order valence-corrected chi connectivity index (χ2v) is 3.31. The Morgan fingerprint density at radius 2 is 2.60 bits per heavy atom. The molecule has 2 nitrogen and oxygen atoms in total. The third-order valence-electron chi connectivity index (χ3n) is 1.48. The van der Waals surface area contributed by atoms with Crippen LogP contribution in [0.5, 0.6) is 0 Å². The maximum atomic E-state index is 3.98. The smallest absolute Gasteiger partial charge is 0.110 e. The Labute approximate surface area is 66.0 Å². The Kier molecular flexibility index (Phi) is 2.81. The van der Waals surface area contributed by atoms with E-state index in [0.717, 1.165) is 6.54 Å². The van der Waals surface area contributed by atoms with E-state index in [-0.39, 0.29) is 0 Å². The summed E-state index contributed by atoms with van der Waals surface area (Å²) >= 11 is 1.90. The van der Waals surface area contributed by atoms with E-state index in [9.17, 15) is 0 Å². The summed E-state index contributed by atoms with van der Waals surface area (Å²) < 4.78 is 0. The molecule has 1 aliphatic heterocycles. The first-order valence-electron chi connectivity index (χ1n) is 3.30. The van der Waals surface area contributed by atoms with Crippen molar-refractivity contribution in [3.05, 3.63) is 12.8 Å². The average Bonchev–Trinajstić information content (AvgIpc) is 2.36. The lowest BCUT2D eigenvalue weighted by atomic mass is 10.5. The molecule has 56 valence electrons. The molecule has 1 aliphatic rings. The van der Waals surface area contributed by atoms with E-state index < -0.39 is 0 Å². The second-order valence-electron chi connectivity index (χ2n) is 2.09. The van der Waals surface area contributed by atoms with Gasteiger partial charge in [-0.3, -0.25) is 4.99 Å². The topological polar surface area (TPSA) is 15.6 Å². The number of aliphatic imine (C=N–C) groups is 1. The molecule has 0 aromatic heterocycles. The van der Waals surface area contributed by atoms with Gasteiger partial charge in [0.1, 0.15) is 5.37 Å². The predicted octanol–water partition coefficient (Wildman–Crippen LogP) is 1.21. The molecule has 10 heavy (non-hydrogen) atoms. The highest BCUT2D eigenvalue weighted by atomic mass is 32.2. The van der Waals surface area contributed by atoms with Gasteiger partial charge in [-0.2, -0.15) is 0 Å². The molecular formula is C7H12N2S. The molecule has 0 radical (unpaired) electrons. The molecule has 1 unspecified atom stereocenters.